The van der Waals surface area contributed by atoms with E-state index >= 15 is 0 Å². The number of aromatic carboxylic acids is 1. The van der Waals surface area contributed by atoms with Crippen LogP contribution in [0.4, 0.5) is 0 Å². The Balaban J connectivity index is 1.92. The number of fused-ring (bicyclic) bond motifs is 2. The lowest BCUT2D eigenvalue weighted by molar-refractivity contribution is -0.135. The van der Waals surface area contributed by atoms with E-state index in [1.807, 2.05) is 0 Å². The molecule has 0 saturated carbocycles. The number of carboxylic acids is 1. The van der Waals surface area contributed by atoms with Crippen LogP contribution in [0.1, 0.15) is 33.8 Å². The third-order valence-electron chi connectivity index (χ3n) is 4.28. The highest BCUT2D eigenvalue weighted by Gasteiger charge is 2.33. The minimum atomic E-state index is -1.05. The lowest BCUT2D eigenvalue weighted by Crippen LogP contribution is -2.31. The van der Waals surface area contributed by atoms with Crippen molar-refractivity contribution in [3.8, 4) is 5.88 Å². The van der Waals surface area contributed by atoms with E-state index in [1.54, 1.807) is 24.3 Å². The number of carboxylic acid groups (broad SMARTS) is 1. The molecule has 0 amide bonds. The van der Waals surface area contributed by atoms with Gasteiger partial charge in [0.15, 0.2) is 0 Å². The summed E-state index contributed by atoms with van der Waals surface area (Å²) < 4.78 is 6.48. The summed E-state index contributed by atoms with van der Waals surface area (Å²) in [6.45, 7) is 0. The number of benzene rings is 1. The highest BCUT2D eigenvalue weighted by molar-refractivity contribution is 6.30. The third kappa shape index (κ3) is 2.62. The first kappa shape index (κ1) is 16.3. The number of esters is 1. The van der Waals surface area contributed by atoms with Crippen LogP contribution in [0.5, 0.6) is 5.88 Å². The molecule has 1 aromatic carbocycles. The van der Waals surface area contributed by atoms with Crippen molar-refractivity contribution < 1.29 is 19.4 Å². The molecule has 0 saturated heterocycles. The van der Waals surface area contributed by atoms with E-state index in [4.69, 9.17) is 21.4 Å². The molecule has 0 fully saturated rings. The molecule has 0 spiro atoms. The number of nitrogens with zero attached hydrogens (tertiary/aromatic N) is 2. The maximum atomic E-state index is 13.0. The van der Waals surface area contributed by atoms with Gasteiger partial charge in [0.05, 0.1) is 22.6 Å². The van der Waals surface area contributed by atoms with Crippen LogP contribution >= 0.6 is 11.6 Å². The molecule has 0 radical (unpaired) electrons. The Labute approximate surface area is 151 Å². The molecule has 1 unspecified atom stereocenters. The Morgan fingerprint density at radius 2 is 1.92 bits per heavy atom. The Hall–Kier alpha value is -3.19. The zero-order valence-corrected chi connectivity index (χ0v) is 13.9. The van der Waals surface area contributed by atoms with Crippen LogP contribution in [0.2, 0.25) is 5.02 Å². The summed E-state index contributed by atoms with van der Waals surface area (Å²) in [5.41, 5.74) is 0.925. The molecule has 0 bridgehead atoms. The molecule has 4 rings (SSSR count). The predicted octanol–water partition coefficient (Wildman–Crippen LogP) is 2.49. The number of aromatic nitrogens is 2. The number of halogens is 1. The number of carbonyl (C=O) groups is 2. The first-order valence-electron chi connectivity index (χ1n) is 7.70. The quantitative estimate of drug-likeness (QED) is 0.696. The standard InChI is InChI=1S/C18H11ClN2O5/c19-11-5-6-13-20-16-15(17(23)21(13)8-11)12(7-14(22)26-16)9-1-3-10(4-2-9)18(24)25/h1-6,8,12H,7H2,(H,24,25). The summed E-state index contributed by atoms with van der Waals surface area (Å²) >= 11 is 5.97. The van der Waals surface area contributed by atoms with E-state index < -0.39 is 17.9 Å². The fourth-order valence-corrected chi connectivity index (χ4v) is 3.20. The monoisotopic (exact) mass is 370 g/mol. The van der Waals surface area contributed by atoms with E-state index in [9.17, 15) is 14.4 Å². The molecule has 7 nitrogen and oxygen atoms in total. The van der Waals surface area contributed by atoms with Crippen LogP contribution in [-0.4, -0.2) is 26.4 Å². The molecule has 1 aliphatic rings. The molecule has 2 aromatic heterocycles. The fourth-order valence-electron chi connectivity index (χ4n) is 3.04. The third-order valence-corrected chi connectivity index (χ3v) is 4.50. The van der Waals surface area contributed by atoms with E-state index in [-0.39, 0.29) is 29.0 Å². The van der Waals surface area contributed by atoms with Gasteiger partial charge >= 0.3 is 11.9 Å². The average molecular weight is 371 g/mol. The van der Waals surface area contributed by atoms with Gasteiger partial charge in [0, 0.05) is 12.1 Å². The topological polar surface area (TPSA) is 98.0 Å². The number of pyridine rings is 1. The van der Waals surface area contributed by atoms with Gasteiger partial charge < -0.3 is 9.84 Å². The summed E-state index contributed by atoms with van der Waals surface area (Å²) in [6, 6.07) is 9.18. The molecule has 0 aliphatic carbocycles. The van der Waals surface area contributed by atoms with Crippen molar-refractivity contribution in [2.24, 2.45) is 0 Å². The largest absolute Gasteiger partial charge is 0.478 e. The smallest absolute Gasteiger partial charge is 0.335 e. The fraction of sp³-hybridized carbons (Fsp3) is 0.111. The molecular formula is C18H11ClN2O5. The summed E-state index contributed by atoms with van der Waals surface area (Å²) in [5, 5.41) is 9.40. The predicted molar refractivity (Wildman–Crippen MR) is 92.0 cm³/mol. The summed E-state index contributed by atoms with van der Waals surface area (Å²) in [7, 11) is 0. The first-order chi connectivity index (χ1) is 12.4. The minimum Gasteiger partial charge on any atom is -0.478 e. The molecule has 1 atom stereocenters. The van der Waals surface area contributed by atoms with Crippen molar-refractivity contribution in [2.75, 3.05) is 0 Å². The highest BCUT2D eigenvalue weighted by atomic mass is 35.5. The number of hydrogen-bond acceptors (Lipinski definition) is 5. The van der Waals surface area contributed by atoms with E-state index in [1.165, 1.54) is 22.7 Å². The van der Waals surface area contributed by atoms with E-state index in [2.05, 4.69) is 4.98 Å². The van der Waals surface area contributed by atoms with Crippen LogP contribution < -0.4 is 10.3 Å². The second-order valence-corrected chi connectivity index (χ2v) is 6.31. The van der Waals surface area contributed by atoms with Crippen LogP contribution in [-0.2, 0) is 4.79 Å². The van der Waals surface area contributed by atoms with Crippen molar-refractivity contribution in [2.45, 2.75) is 12.3 Å². The van der Waals surface area contributed by atoms with Crippen molar-refractivity contribution in [3.63, 3.8) is 0 Å². The maximum Gasteiger partial charge on any atom is 0.335 e. The summed E-state index contributed by atoms with van der Waals surface area (Å²) in [6.07, 6.45) is 1.41. The lowest BCUT2D eigenvalue weighted by Gasteiger charge is -2.23. The van der Waals surface area contributed by atoms with E-state index in [0.29, 0.717) is 16.2 Å². The van der Waals surface area contributed by atoms with Gasteiger partial charge in [-0.2, -0.15) is 4.98 Å². The van der Waals surface area contributed by atoms with E-state index in [0.717, 1.165) is 0 Å². The van der Waals surface area contributed by atoms with Gasteiger partial charge in [0.25, 0.3) is 5.56 Å². The Morgan fingerprint density at radius 3 is 2.62 bits per heavy atom. The normalized spacial score (nSPS) is 16.2. The van der Waals surface area contributed by atoms with Gasteiger partial charge in [0.1, 0.15) is 5.65 Å². The van der Waals surface area contributed by atoms with Gasteiger partial charge in [-0.3, -0.25) is 14.0 Å². The van der Waals surface area contributed by atoms with Gasteiger partial charge in [-0.1, -0.05) is 23.7 Å². The van der Waals surface area contributed by atoms with Crippen molar-refractivity contribution in [1.82, 2.24) is 9.38 Å². The second kappa shape index (κ2) is 5.96. The number of hydrogen-bond donors (Lipinski definition) is 1. The maximum absolute atomic E-state index is 13.0. The molecule has 3 aromatic rings. The number of ether oxygens (including phenoxy) is 1. The molecule has 8 heteroatoms. The van der Waals surface area contributed by atoms with Crippen LogP contribution in [0.15, 0.2) is 47.4 Å². The molecular weight excluding hydrogens is 360 g/mol. The van der Waals surface area contributed by atoms with Crippen molar-refractivity contribution in [1.29, 1.82) is 0 Å². The van der Waals surface area contributed by atoms with Crippen LogP contribution in [0.25, 0.3) is 5.65 Å². The molecule has 1 aliphatic heterocycles. The van der Waals surface area contributed by atoms with Crippen LogP contribution in [0.3, 0.4) is 0 Å². The van der Waals surface area contributed by atoms with Gasteiger partial charge in [-0.05, 0) is 29.8 Å². The first-order valence-corrected chi connectivity index (χ1v) is 8.07. The number of carbonyl (C=O) groups excluding carboxylic acids is 1. The minimum absolute atomic E-state index is 0.0270. The Bertz CT molecular complexity index is 1120. The molecule has 1 N–H and O–H groups in total. The van der Waals surface area contributed by atoms with Gasteiger partial charge in [-0.15, -0.1) is 0 Å². The summed E-state index contributed by atoms with van der Waals surface area (Å²) in [5.74, 6) is -2.16. The molecule has 130 valence electrons. The second-order valence-electron chi connectivity index (χ2n) is 5.87. The highest BCUT2D eigenvalue weighted by Crippen LogP contribution is 2.35. The average Bonchev–Trinajstić information content (AvgIpc) is 2.62. The molecule has 26 heavy (non-hydrogen) atoms. The Kier molecular flexibility index (Phi) is 3.73. The lowest BCUT2D eigenvalue weighted by atomic mass is 9.88. The zero-order chi connectivity index (χ0) is 18.4. The van der Waals surface area contributed by atoms with Crippen LogP contribution in [0, 0.1) is 0 Å². The van der Waals surface area contributed by atoms with Gasteiger partial charge in [0.2, 0.25) is 5.88 Å². The zero-order valence-electron chi connectivity index (χ0n) is 13.2. The van der Waals surface area contributed by atoms with Crippen molar-refractivity contribution in [3.05, 3.63) is 74.7 Å². The summed E-state index contributed by atoms with van der Waals surface area (Å²) in [4.78, 5) is 40.2. The SMILES string of the molecule is O=C1CC(c2ccc(C(=O)O)cc2)c2c(nc3ccc(Cl)cn3c2=O)O1. The Morgan fingerprint density at radius 1 is 1.19 bits per heavy atom. The number of rotatable bonds is 2. The van der Waals surface area contributed by atoms with Gasteiger partial charge in [-0.25, -0.2) is 4.79 Å². The van der Waals surface area contributed by atoms with Crippen molar-refractivity contribution >= 4 is 29.2 Å². The molecule has 3 heterocycles.